The van der Waals surface area contributed by atoms with Crippen LogP contribution >= 0.6 is 11.6 Å². The third-order valence-electron chi connectivity index (χ3n) is 3.85. The molecule has 0 spiro atoms. The number of hydrogen-bond donors (Lipinski definition) is 0. The van der Waals surface area contributed by atoms with Gasteiger partial charge in [0.15, 0.2) is 6.73 Å². The number of ether oxygens (including phenoxy) is 1. The minimum atomic E-state index is -0.632. The van der Waals surface area contributed by atoms with Crippen molar-refractivity contribution >= 4 is 39.4 Å². The van der Waals surface area contributed by atoms with Gasteiger partial charge in [-0.15, -0.1) is 5.10 Å². The van der Waals surface area contributed by atoms with Crippen molar-refractivity contribution in [2.75, 3.05) is 0 Å². The van der Waals surface area contributed by atoms with Crippen molar-refractivity contribution in [1.82, 2.24) is 20.0 Å². The van der Waals surface area contributed by atoms with Crippen LogP contribution in [0.4, 0.5) is 0 Å². The van der Waals surface area contributed by atoms with Crippen LogP contribution in [-0.2, 0) is 11.5 Å². The van der Waals surface area contributed by atoms with Gasteiger partial charge in [0.05, 0.1) is 16.5 Å². The maximum absolute atomic E-state index is 12.5. The summed E-state index contributed by atoms with van der Waals surface area (Å²) >= 11 is 5.98. The zero-order valence-electron chi connectivity index (χ0n) is 13.3. The predicted molar refractivity (Wildman–Crippen MR) is 96.0 cm³/mol. The number of esters is 1. The maximum atomic E-state index is 12.5. The molecular weight excluding hydrogens is 356 g/mol. The second kappa shape index (κ2) is 6.53. The zero-order chi connectivity index (χ0) is 18.1. The summed E-state index contributed by atoms with van der Waals surface area (Å²) in [4.78, 5) is 29.0. The topological polar surface area (TPSA) is 87.0 Å². The van der Waals surface area contributed by atoms with E-state index in [1.54, 1.807) is 48.5 Å². The van der Waals surface area contributed by atoms with Gasteiger partial charge in [0.25, 0.3) is 5.56 Å². The first kappa shape index (κ1) is 16.2. The fraction of sp³-hybridized carbons (Fsp3) is 0.0556. The molecule has 0 amide bonds. The lowest BCUT2D eigenvalue weighted by atomic mass is 10.1. The van der Waals surface area contributed by atoms with E-state index >= 15 is 0 Å². The molecule has 0 aliphatic rings. The van der Waals surface area contributed by atoms with Gasteiger partial charge in [-0.05, 0) is 24.3 Å². The van der Waals surface area contributed by atoms with E-state index in [-0.39, 0.29) is 23.0 Å². The highest BCUT2D eigenvalue weighted by Crippen LogP contribution is 2.21. The van der Waals surface area contributed by atoms with Crippen molar-refractivity contribution < 1.29 is 9.53 Å². The van der Waals surface area contributed by atoms with Crippen LogP contribution in [0.25, 0.3) is 21.8 Å². The molecule has 2 aromatic carbocycles. The fourth-order valence-corrected chi connectivity index (χ4v) is 2.82. The van der Waals surface area contributed by atoms with Gasteiger partial charge in [-0.25, -0.2) is 9.78 Å². The number of halogens is 1. The summed E-state index contributed by atoms with van der Waals surface area (Å²) in [6.07, 6.45) is 0. The van der Waals surface area contributed by atoms with E-state index in [1.807, 2.05) is 0 Å². The molecule has 0 aliphatic heterocycles. The molecule has 0 N–H and O–H groups in total. The molecule has 26 heavy (non-hydrogen) atoms. The van der Waals surface area contributed by atoms with Crippen molar-refractivity contribution in [2.24, 2.45) is 0 Å². The molecule has 4 aromatic rings. The highest BCUT2D eigenvalue weighted by molar-refractivity contribution is 6.30. The quantitative estimate of drug-likeness (QED) is 0.409. The molecule has 0 bridgehead atoms. The molecule has 128 valence electrons. The van der Waals surface area contributed by atoms with Crippen LogP contribution in [0, 0.1) is 0 Å². The Bertz CT molecular complexity index is 1210. The summed E-state index contributed by atoms with van der Waals surface area (Å²) in [7, 11) is 0. The average molecular weight is 367 g/mol. The molecule has 8 heteroatoms. The van der Waals surface area contributed by atoms with Crippen molar-refractivity contribution in [3.63, 3.8) is 0 Å². The Morgan fingerprint density at radius 2 is 1.73 bits per heavy atom. The molecule has 0 saturated heterocycles. The van der Waals surface area contributed by atoms with Crippen molar-refractivity contribution in [3.05, 3.63) is 75.7 Å². The Morgan fingerprint density at radius 1 is 1.04 bits per heavy atom. The molecule has 2 heterocycles. The van der Waals surface area contributed by atoms with Gasteiger partial charge in [-0.2, -0.15) is 4.68 Å². The van der Waals surface area contributed by atoms with Crippen LogP contribution in [0.15, 0.2) is 59.4 Å². The summed E-state index contributed by atoms with van der Waals surface area (Å²) in [5.74, 6) is -0.632. The largest absolute Gasteiger partial charge is 0.439 e. The molecule has 0 aliphatic carbocycles. The number of nitrogens with zero attached hydrogens (tertiary/aromatic N) is 4. The van der Waals surface area contributed by atoms with Gasteiger partial charge in [-0.3, -0.25) is 4.79 Å². The summed E-state index contributed by atoms with van der Waals surface area (Å²) < 4.78 is 6.23. The number of aromatic nitrogens is 4. The molecule has 2 aromatic heterocycles. The second-order valence-corrected chi connectivity index (χ2v) is 5.87. The lowest BCUT2D eigenvalue weighted by Gasteiger charge is -2.09. The fourth-order valence-electron chi connectivity index (χ4n) is 2.62. The summed E-state index contributed by atoms with van der Waals surface area (Å²) in [6.45, 7) is -0.357. The highest BCUT2D eigenvalue weighted by atomic mass is 35.5. The van der Waals surface area contributed by atoms with Gasteiger partial charge in [0.1, 0.15) is 10.7 Å². The number of rotatable bonds is 3. The first-order valence-corrected chi connectivity index (χ1v) is 8.06. The molecule has 4 rings (SSSR count). The van der Waals surface area contributed by atoms with E-state index < -0.39 is 5.97 Å². The average Bonchev–Trinajstić information content (AvgIpc) is 2.66. The lowest BCUT2D eigenvalue weighted by molar-refractivity contribution is 0.0338. The molecule has 0 unspecified atom stereocenters. The standard InChI is InChI=1S/C18H11ClN4O3/c19-16-9-13(11-5-1-3-7-14(11)20-16)18(25)26-10-23-17(24)12-6-2-4-8-15(12)21-22-23/h1-9H,10H2. The van der Waals surface area contributed by atoms with Crippen LogP contribution in [0.5, 0.6) is 0 Å². The number of carbonyl (C=O) groups is 1. The number of pyridine rings is 1. The SMILES string of the molecule is O=C(OCn1nnc2ccccc2c1=O)c1cc(Cl)nc2ccccc12. The number of para-hydroxylation sites is 1. The molecule has 0 radical (unpaired) electrons. The van der Waals surface area contributed by atoms with E-state index in [0.29, 0.717) is 21.8 Å². The Hall–Kier alpha value is -3.32. The van der Waals surface area contributed by atoms with E-state index in [0.717, 1.165) is 4.68 Å². The van der Waals surface area contributed by atoms with Gasteiger partial charge in [0, 0.05) is 5.39 Å². The van der Waals surface area contributed by atoms with Crippen LogP contribution in [0.2, 0.25) is 5.15 Å². The lowest BCUT2D eigenvalue weighted by Crippen LogP contribution is -2.26. The number of fused-ring (bicyclic) bond motifs is 2. The van der Waals surface area contributed by atoms with Crippen LogP contribution in [-0.4, -0.2) is 25.9 Å². The Labute approximate surface area is 151 Å². The molecule has 7 nitrogen and oxygen atoms in total. The normalized spacial score (nSPS) is 11.0. The van der Waals surface area contributed by atoms with Crippen LogP contribution in [0.1, 0.15) is 10.4 Å². The Kier molecular flexibility index (Phi) is 4.06. The number of benzene rings is 2. The molecule has 0 saturated carbocycles. The Morgan fingerprint density at radius 3 is 2.54 bits per heavy atom. The minimum absolute atomic E-state index is 0.179. The van der Waals surface area contributed by atoms with Crippen LogP contribution < -0.4 is 5.56 Å². The minimum Gasteiger partial charge on any atom is -0.439 e. The first-order chi connectivity index (χ1) is 12.6. The summed E-state index contributed by atoms with van der Waals surface area (Å²) in [5.41, 5.74) is 0.935. The van der Waals surface area contributed by atoms with Crippen molar-refractivity contribution in [2.45, 2.75) is 6.73 Å². The first-order valence-electron chi connectivity index (χ1n) is 7.68. The van der Waals surface area contributed by atoms with Gasteiger partial charge in [-0.1, -0.05) is 47.1 Å². The van der Waals surface area contributed by atoms with E-state index in [9.17, 15) is 9.59 Å². The van der Waals surface area contributed by atoms with Gasteiger partial charge < -0.3 is 4.74 Å². The Balaban J connectivity index is 1.64. The van der Waals surface area contributed by atoms with Crippen LogP contribution in [0.3, 0.4) is 0 Å². The van der Waals surface area contributed by atoms with Crippen molar-refractivity contribution in [3.8, 4) is 0 Å². The maximum Gasteiger partial charge on any atom is 0.340 e. The molecular formula is C18H11ClN4O3. The van der Waals surface area contributed by atoms with Gasteiger partial charge >= 0.3 is 5.97 Å². The van der Waals surface area contributed by atoms with Gasteiger partial charge in [0.2, 0.25) is 0 Å². The molecule has 0 fully saturated rings. The van der Waals surface area contributed by atoms with E-state index in [4.69, 9.17) is 16.3 Å². The van der Waals surface area contributed by atoms with E-state index in [1.165, 1.54) is 6.07 Å². The second-order valence-electron chi connectivity index (χ2n) is 5.48. The zero-order valence-corrected chi connectivity index (χ0v) is 14.1. The highest BCUT2D eigenvalue weighted by Gasteiger charge is 2.15. The summed E-state index contributed by atoms with van der Waals surface area (Å²) in [5, 5.41) is 8.93. The summed E-state index contributed by atoms with van der Waals surface area (Å²) in [6, 6.07) is 15.3. The smallest absolute Gasteiger partial charge is 0.340 e. The number of carbonyl (C=O) groups excluding carboxylic acids is 1. The number of hydrogen-bond acceptors (Lipinski definition) is 6. The van der Waals surface area contributed by atoms with Crippen molar-refractivity contribution in [1.29, 1.82) is 0 Å². The third-order valence-corrected chi connectivity index (χ3v) is 4.05. The molecule has 0 atom stereocenters. The van der Waals surface area contributed by atoms with E-state index in [2.05, 4.69) is 15.3 Å². The predicted octanol–water partition coefficient (Wildman–Crippen LogP) is 2.81. The third kappa shape index (κ3) is 2.89. The monoisotopic (exact) mass is 366 g/mol.